The molecule has 0 amide bonds. The number of aromatic nitrogens is 2. The molecule has 1 aromatic heterocycles. The van der Waals surface area contributed by atoms with Crippen LogP contribution in [0.15, 0.2) is 24.3 Å². The van der Waals surface area contributed by atoms with E-state index >= 15 is 0 Å². The molecule has 1 aromatic carbocycles. The third kappa shape index (κ3) is 1.71. The van der Waals surface area contributed by atoms with Crippen LogP contribution in [-0.2, 0) is 12.8 Å². The summed E-state index contributed by atoms with van der Waals surface area (Å²) in [5, 5.41) is 4.49. The van der Waals surface area contributed by atoms with E-state index < -0.39 is 0 Å². The molecule has 0 unspecified atom stereocenters. The van der Waals surface area contributed by atoms with Crippen molar-refractivity contribution in [3.63, 3.8) is 0 Å². The molecule has 0 saturated heterocycles. The highest BCUT2D eigenvalue weighted by Gasteiger charge is 2.19. The maximum atomic E-state index is 6.00. The quantitative estimate of drug-likeness (QED) is 0.814. The molecule has 0 saturated carbocycles. The number of hydrogen-bond acceptors (Lipinski definition) is 2. The summed E-state index contributed by atoms with van der Waals surface area (Å²) in [4.78, 5) is 0. The Morgan fingerprint density at radius 3 is 2.59 bits per heavy atom. The van der Waals surface area contributed by atoms with Gasteiger partial charge in [0.1, 0.15) is 5.82 Å². The Morgan fingerprint density at radius 2 is 1.82 bits per heavy atom. The van der Waals surface area contributed by atoms with Crippen molar-refractivity contribution < 1.29 is 0 Å². The SMILES string of the molecule is Cc1ccc(-n2nc(N)c3c2CCCC3)cc1. The minimum absolute atomic E-state index is 0.709. The van der Waals surface area contributed by atoms with Crippen LogP contribution in [0.4, 0.5) is 5.82 Å². The van der Waals surface area contributed by atoms with Gasteiger partial charge in [0.05, 0.1) is 5.69 Å². The van der Waals surface area contributed by atoms with Gasteiger partial charge in [0.15, 0.2) is 0 Å². The Hall–Kier alpha value is -1.77. The molecule has 0 bridgehead atoms. The smallest absolute Gasteiger partial charge is 0.149 e. The van der Waals surface area contributed by atoms with E-state index in [1.807, 2.05) is 4.68 Å². The topological polar surface area (TPSA) is 43.8 Å². The van der Waals surface area contributed by atoms with Crippen molar-refractivity contribution in [2.45, 2.75) is 32.6 Å². The zero-order chi connectivity index (χ0) is 11.8. The van der Waals surface area contributed by atoms with Crippen LogP contribution in [-0.4, -0.2) is 9.78 Å². The fourth-order valence-corrected chi connectivity index (χ4v) is 2.53. The molecule has 0 radical (unpaired) electrons. The van der Waals surface area contributed by atoms with Gasteiger partial charge in [-0.3, -0.25) is 0 Å². The first-order chi connectivity index (χ1) is 8.25. The van der Waals surface area contributed by atoms with E-state index in [4.69, 9.17) is 5.73 Å². The van der Waals surface area contributed by atoms with Gasteiger partial charge in [-0.25, -0.2) is 4.68 Å². The van der Waals surface area contributed by atoms with Crippen LogP contribution >= 0.6 is 0 Å². The maximum Gasteiger partial charge on any atom is 0.149 e. The molecule has 1 aliphatic carbocycles. The molecule has 3 rings (SSSR count). The van der Waals surface area contributed by atoms with Gasteiger partial charge in [0.2, 0.25) is 0 Å². The highest BCUT2D eigenvalue weighted by atomic mass is 15.3. The zero-order valence-electron chi connectivity index (χ0n) is 10.1. The van der Waals surface area contributed by atoms with Gasteiger partial charge >= 0.3 is 0 Å². The summed E-state index contributed by atoms with van der Waals surface area (Å²) >= 11 is 0. The lowest BCUT2D eigenvalue weighted by molar-refractivity contribution is 0.653. The average molecular weight is 227 g/mol. The fraction of sp³-hybridized carbons (Fsp3) is 0.357. The normalized spacial score (nSPS) is 14.6. The predicted molar refractivity (Wildman–Crippen MR) is 69.4 cm³/mol. The van der Waals surface area contributed by atoms with Crippen LogP contribution in [0.1, 0.15) is 29.7 Å². The Morgan fingerprint density at radius 1 is 1.12 bits per heavy atom. The van der Waals surface area contributed by atoms with Crippen LogP contribution < -0.4 is 5.73 Å². The van der Waals surface area contributed by atoms with Gasteiger partial charge < -0.3 is 5.73 Å². The van der Waals surface area contributed by atoms with Crippen molar-refractivity contribution in [2.75, 3.05) is 5.73 Å². The van der Waals surface area contributed by atoms with Crippen molar-refractivity contribution in [1.29, 1.82) is 0 Å². The van der Waals surface area contributed by atoms with Crippen LogP contribution in [0.2, 0.25) is 0 Å². The van der Waals surface area contributed by atoms with Gasteiger partial charge in [-0.15, -0.1) is 0 Å². The van der Waals surface area contributed by atoms with Crippen LogP contribution in [0.3, 0.4) is 0 Å². The van der Waals surface area contributed by atoms with E-state index in [2.05, 4.69) is 36.3 Å². The van der Waals surface area contributed by atoms with Crippen molar-refractivity contribution in [2.24, 2.45) is 0 Å². The van der Waals surface area contributed by atoms with E-state index in [1.54, 1.807) is 0 Å². The van der Waals surface area contributed by atoms with Gasteiger partial charge in [-0.1, -0.05) is 17.7 Å². The number of rotatable bonds is 1. The lowest BCUT2D eigenvalue weighted by Crippen LogP contribution is -2.07. The first-order valence-corrected chi connectivity index (χ1v) is 6.19. The summed E-state index contributed by atoms with van der Waals surface area (Å²) < 4.78 is 2.02. The number of anilines is 1. The first-order valence-electron chi connectivity index (χ1n) is 6.19. The van der Waals surface area contributed by atoms with Gasteiger partial charge in [0.25, 0.3) is 0 Å². The van der Waals surface area contributed by atoms with Crippen LogP contribution in [0.25, 0.3) is 5.69 Å². The van der Waals surface area contributed by atoms with E-state index in [0.717, 1.165) is 18.5 Å². The predicted octanol–water partition coefficient (Wildman–Crippen LogP) is 2.64. The highest BCUT2D eigenvalue weighted by molar-refractivity contribution is 5.48. The highest BCUT2D eigenvalue weighted by Crippen LogP contribution is 2.28. The number of benzene rings is 1. The lowest BCUT2D eigenvalue weighted by Gasteiger charge is -2.13. The molecule has 0 spiro atoms. The molecule has 17 heavy (non-hydrogen) atoms. The Bertz CT molecular complexity index is 537. The Kier molecular flexibility index (Phi) is 2.39. The van der Waals surface area contributed by atoms with Crippen molar-refractivity contribution in [3.8, 4) is 5.69 Å². The first kappa shape index (κ1) is 10.4. The summed E-state index contributed by atoms with van der Waals surface area (Å²) in [6.07, 6.45) is 4.64. The van der Waals surface area contributed by atoms with Gasteiger partial charge in [0, 0.05) is 11.3 Å². The summed E-state index contributed by atoms with van der Waals surface area (Å²) in [6, 6.07) is 8.44. The number of nitrogens with two attached hydrogens (primary N) is 1. The number of aryl methyl sites for hydroxylation is 1. The molecule has 2 aromatic rings. The second kappa shape index (κ2) is 3.91. The lowest BCUT2D eigenvalue weighted by atomic mass is 9.97. The molecule has 0 atom stereocenters. The monoisotopic (exact) mass is 227 g/mol. The second-order valence-electron chi connectivity index (χ2n) is 4.76. The van der Waals surface area contributed by atoms with Crippen molar-refractivity contribution in [3.05, 3.63) is 41.1 Å². The minimum atomic E-state index is 0.709. The Balaban J connectivity index is 2.11. The van der Waals surface area contributed by atoms with Crippen molar-refractivity contribution >= 4 is 5.82 Å². The van der Waals surface area contributed by atoms with Gasteiger partial charge in [-0.2, -0.15) is 5.10 Å². The molecule has 1 heterocycles. The number of nitrogens with zero attached hydrogens (tertiary/aromatic N) is 2. The van der Waals surface area contributed by atoms with E-state index in [1.165, 1.54) is 29.7 Å². The van der Waals surface area contributed by atoms with E-state index in [-0.39, 0.29) is 0 Å². The third-order valence-corrected chi connectivity index (χ3v) is 3.49. The molecule has 2 N–H and O–H groups in total. The molecule has 3 heteroatoms. The standard InChI is InChI=1S/C14H17N3/c1-10-6-8-11(9-7-10)17-13-5-3-2-4-12(13)14(15)16-17/h6-9H,2-5H2,1H3,(H2,15,16). The summed E-state index contributed by atoms with van der Waals surface area (Å²) in [7, 11) is 0. The minimum Gasteiger partial charge on any atom is -0.382 e. The fourth-order valence-electron chi connectivity index (χ4n) is 2.53. The average Bonchev–Trinajstić information content (AvgIpc) is 2.69. The Labute approximate surface area is 101 Å². The molecule has 0 aliphatic heterocycles. The maximum absolute atomic E-state index is 6.00. The molecule has 1 aliphatic rings. The zero-order valence-corrected chi connectivity index (χ0v) is 10.1. The summed E-state index contributed by atoms with van der Waals surface area (Å²) in [6.45, 7) is 2.09. The summed E-state index contributed by atoms with van der Waals surface area (Å²) in [5.41, 5.74) is 10.9. The second-order valence-corrected chi connectivity index (χ2v) is 4.76. The third-order valence-electron chi connectivity index (χ3n) is 3.49. The number of nitrogen functional groups attached to an aromatic ring is 1. The number of hydrogen-bond donors (Lipinski definition) is 1. The molecular weight excluding hydrogens is 210 g/mol. The van der Waals surface area contributed by atoms with E-state index in [0.29, 0.717) is 5.82 Å². The molecule has 88 valence electrons. The number of fused-ring (bicyclic) bond motifs is 1. The van der Waals surface area contributed by atoms with Crippen LogP contribution in [0, 0.1) is 6.92 Å². The molecule has 0 fully saturated rings. The molecular formula is C14H17N3. The van der Waals surface area contributed by atoms with Crippen LogP contribution in [0.5, 0.6) is 0 Å². The van der Waals surface area contributed by atoms with Gasteiger partial charge in [-0.05, 0) is 44.7 Å². The van der Waals surface area contributed by atoms with E-state index in [9.17, 15) is 0 Å². The largest absolute Gasteiger partial charge is 0.382 e. The summed E-state index contributed by atoms with van der Waals surface area (Å²) in [5.74, 6) is 0.709. The molecule has 3 nitrogen and oxygen atoms in total. The van der Waals surface area contributed by atoms with Crippen molar-refractivity contribution in [1.82, 2.24) is 9.78 Å².